The molecular weight excluding hydrogens is 238 g/mol. The number of rotatable bonds is 1. The van der Waals surface area contributed by atoms with Crippen molar-refractivity contribution in [2.75, 3.05) is 0 Å². The molecule has 1 aliphatic rings. The molecule has 3 nitrogen and oxygen atoms in total. The number of halogens is 1. The molecule has 1 N–H and O–H groups in total. The SMILES string of the molecule is CC(=O)N[C@H]1CC(C)(C)Oc2cc(Cl)ccc21. The zero-order valence-electron chi connectivity index (χ0n) is 10.2. The Balaban J connectivity index is 2.40. The summed E-state index contributed by atoms with van der Waals surface area (Å²) in [6.45, 7) is 5.54. The second-order valence-electron chi connectivity index (χ2n) is 5.00. The molecule has 0 spiro atoms. The van der Waals surface area contributed by atoms with Crippen molar-refractivity contribution < 1.29 is 9.53 Å². The third kappa shape index (κ3) is 2.72. The minimum absolute atomic E-state index is 0.0106. The topological polar surface area (TPSA) is 38.3 Å². The number of carbonyl (C=O) groups excluding carboxylic acids is 1. The summed E-state index contributed by atoms with van der Waals surface area (Å²) in [5, 5.41) is 3.59. The van der Waals surface area contributed by atoms with E-state index in [2.05, 4.69) is 5.32 Å². The second-order valence-corrected chi connectivity index (χ2v) is 5.44. The number of ether oxygens (including phenoxy) is 1. The summed E-state index contributed by atoms with van der Waals surface area (Å²) >= 11 is 5.96. The van der Waals surface area contributed by atoms with Crippen LogP contribution in [0, 0.1) is 0 Å². The van der Waals surface area contributed by atoms with Crippen molar-refractivity contribution in [1.29, 1.82) is 0 Å². The zero-order valence-corrected chi connectivity index (χ0v) is 11.0. The molecule has 1 aromatic rings. The van der Waals surface area contributed by atoms with Gasteiger partial charge in [-0.1, -0.05) is 17.7 Å². The molecule has 0 bridgehead atoms. The molecule has 0 radical (unpaired) electrons. The van der Waals surface area contributed by atoms with Gasteiger partial charge in [-0.15, -0.1) is 0 Å². The smallest absolute Gasteiger partial charge is 0.217 e. The molecule has 1 amide bonds. The number of fused-ring (bicyclic) bond motifs is 1. The van der Waals surface area contributed by atoms with Gasteiger partial charge in [0.2, 0.25) is 5.91 Å². The Morgan fingerprint density at radius 2 is 2.24 bits per heavy atom. The molecule has 1 aromatic carbocycles. The fraction of sp³-hybridized carbons (Fsp3) is 0.462. The van der Waals surface area contributed by atoms with Crippen LogP contribution in [0.25, 0.3) is 0 Å². The molecule has 0 aromatic heterocycles. The molecule has 0 fully saturated rings. The largest absolute Gasteiger partial charge is 0.487 e. The number of benzene rings is 1. The summed E-state index contributed by atoms with van der Waals surface area (Å²) < 4.78 is 5.88. The number of hydrogen-bond donors (Lipinski definition) is 1. The lowest BCUT2D eigenvalue weighted by Crippen LogP contribution is -2.40. The predicted molar refractivity (Wildman–Crippen MR) is 67.3 cm³/mol. The van der Waals surface area contributed by atoms with Crippen molar-refractivity contribution in [3.8, 4) is 5.75 Å². The van der Waals surface area contributed by atoms with Crippen LogP contribution in [-0.2, 0) is 4.79 Å². The van der Waals surface area contributed by atoms with Gasteiger partial charge in [-0.25, -0.2) is 0 Å². The minimum Gasteiger partial charge on any atom is -0.487 e. The number of hydrogen-bond acceptors (Lipinski definition) is 2. The Morgan fingerprint density at radius 3 is 2.88 bits per heavy atom. The summed E-state index contributed by atoms with van der Waals surface area (Å²) in [4.78, 5) is 11.2. The van der Waals surface area contributed by atoms with Crippen LogP contribution in [-0.4, -0.2) is 11.5 Å². The van der Waals surface area contributed by atoms with E-state index in [9.17, 15) is 4.79 Å². The Bertz CT molecular complexity index is 457. The third-order valence-electron chi connectivity index (χ3n) is 2.81. The molecule has 0 saturated carbocycles. The first kappa shape index (κ1) is 12.2. The maximum Gasteiger partial charge on any atom is 0.217 e. The van der Waals surface area contributed by atoms with E-state index in [1.54, 1.807) is 6.07 Å². The van der Waals surface area contributed by atoms with Gasteiger partial charge in [0, 0.05) is 23.9 Å². The lowest BCUT2D eigenvalue weighted by atomic mass is 9.89. The van der Waals surface area contributed by atoms with Crippen LogP contribution in [0.1, 0.15) is 38.8 Å². The van der Waals surface area contributed by atoms with Crippen LogP contribution in [0.2, 0.25) is 5.02 Å². The molecule has 92 valence electrons. The fourth-order valence-corrected chi connectivity index (χ4v) is 2.36. The summed E-state index contributed by atoms with van der Waals surface area (Å²) in [5.74, 6) is 0.723. The van der Waals surface area contributed by atoms with Gasteiger partial charge in [0.05, 0.1) is 6.04 Å². The lowest BCUT2D eigenvalue weighted by Gasteiger charge is -2.37. The molecule has 2 rings (SSSR count). The van der Waals surface area contributed by atoms with Gasteiger partial charge in [-0.3, -0.25) is 4.79 Å². The van der Waals surface area contributed by atoms with E-state index in [0.717, 1.165) is 17.7 Å². The van der Waals surface area contributed by atoms with Crippen LogP contribution in [0.3, 0.4) is 0 Å². The van der Waals surface area contributed by atoms with E-state index in [1.165, 1.54) is 6.92 Å². The van der Waals surface area contributed by atoms with Gasteiger partial charge in [0.15, 0.2) is 0 Å². The lowest BCUT2D eigenvalue weighted by molar-refractivity contribution is -0.120. The first-order valence-corrected chi connectivity index (χ1v) is 6.01. The van der Waals surface area contributed by atoms with E-state index in [-0.39, 0.29) is 17.6 Å². The zero-order chi connectivity index (χ0) is 12.6. The first-order valence-electron chi connectivity index (χ1n) is 5.63. The van der Waals surface area contributed by atoms with E-state index < -0.39 is 0 Å². The van der Waals surface area contributed by atoms with Gasteiger partial charge in [-0.05, 0) is 26.0 Å². The Labute approximate surface area is 106 Å². The standard InChI is InChI=1S/C13H16ClNO2/c1-8(16)15-11-7-13(2,3)17-12-6-9(14)4-5-10(11)12/h4-6,11H,7H2,1-3H3,(H,15,16)/t11-/m0/s1. The molecule has 0 unspecified atom stereocenters. The summed E-state index contributed by atoms with van der Waals surface area (Å²) in [6.07, 6.45) is 0.751. The highest BCUT2D eigenvalue weighted by Crippen LogP contribution is 2.40. The van der Waals surface area contributed by atoms with Crippen LogP contribution in [0.5, 0.6) is 5.75 Å². The third-order valence-corrected chi connectivity index (χ3v) is 3.05. The van der Waals surface area contributed by atoms with E-state index in [4.69, 9.17) is 16.3 Å². The maximum absolute atomic E-state index is 11.2. The maximum atomic E-state index is 11.2. The average Bonchev–Trinajstić information content (AvgIpc) is 2.13. The quantitative estimate of drug-likeness (QED) is 0.835. The number of amides is 1. The second kappa shape index (κ2) is 4.22. The summed E-state index contributed by atoms with van der Waals surface area (Å²) in [5.41, 5.74) is 0.689. The van der Waals surface area contributed by atoms with Crippen molar-refractivity contribution in [1.82, 2.24) is 5.32 Å². The Kier molecular flexibility index (Phi) is 3.04. The summed E-state index contributed by atoms with van der Waals surface area (Å²) in [6, 6.07) is 5.51. The molecule has 0 aliphatic carbocycles. The summed E-state index contributed by atoms with van der Waals surface area (Å²) in [7, 11) is 0. The van der Waals surface area contributed by atoms with Gasteiger partial charge in [0.1, 0.15) is 11.4 Å². The van der Waals surface area contributed by atoms with Crippen molar-refractivity contribution in [2.24, 2.45) is 0 Å². The molecular formula is C13H16ClNO2. The fourth-order valence-electron chi connectivity index (χ4n) is 2.20. The molecule has 0 saturated heterocycles. The molecule has 1 atom stereocenters. The van der Waals surface area contributed by atoms with E-state index in [0.29, 0.717) is 5.02 Å². The van der Waals surface area contributed by atoms with Crippen molar-refractivity contribution in [3.63, 3.8) is 0 Å². The van der Waals surface area contributed by atoms with Crippen molar-refractivity contribution >= 4 is 17.5 Å². The normalized spacial score (nSPS) is 21.3. The van der Waals surface area contributed by atoms with Crippen LogP contribution >= 0.6 is 11.6 Å². The monoisotopic (exact) mass is 253 g/mol. The molecule has 4 heteroatoms. The molecule has 17 heavy (non-hydrogen) atoms. The van der Waals surface area contributed by atoms with Crippen molar-refractivity contribution in [2.45, 2.75) is 38.8 Å². The van der Waals surface area contributed by atoms with Crippen LogP contribution in [0.4, 0.5) is 0 Å². The van der Waals surface area contributed by atoms with Crippen LogP contribution in [0.15, 0.2) is 18.2 Å². The van der Waals surface area contributed by atoms with Gasteiger partial charge in [0.25, 0.3) is 0 Å². The predicted octanol–water partition coefficient (Wildman–Crippen LogP) is 3.08. The Morgan fingerprint density at radius 1 is 1.53 bits per heavy atom. The van der Waals surface area contributed by atoms with Gasteiger partial charge < -0.3 is 10.1 Å². The average molecular weight is 254 g/mol. The number of carbonyl (C=O) groups is 1. The van der Waals surface area contributed by atoms with E-state index >= 15 is 0 Å². The van der Waals surface area contributed by atoms with Gasteiger partial charge in [-0.2, -0.15) is 0 Å². The first-order chi connectivity index (χ1) is 7.87. The minimum atomic E-state index is -0.301. The molecule has 1 heterocycles. The van der Waals surface area contributed by atoms with E-state index in [1.807, 2.05) is 26.0 Å². The molecule has 1 aliphatic heterocycles. The highest BCUT2D eigenvalue weighted by molar-refractivity contribution is 6.30. The van der Waals surface area contributed by atoms with Crippen LogP contribution < -0.4 is 10.1 Å². The highest BCUT2D eigenvalue weighted by Gasteiger charge is 2.34. The Hall–Kier alpha value is -1.22. The number of nitrogens with one attached hydrogen (secondary N) is 1. The van der Waals surface area contributed by atoms with Crippen molar-refractivity contribution in [3.05, 3.63) is 28.8 Å². The van der Waals surface area contributed by atoms with Gasteiger partial charge >= 0.3 is 0 Å². The highest BCUT2D eigenvalue weighted by atomic mass is 35.5.